The molecule has 0 aliphatic carbocycles. The smallest absolute Gasteiger partial charge is 0.226 e. The van der Waals surface area contributed by atoms with Gasteiger partial charge in [-0.15, -0.1) is 0 Å². The van der Waals surface area contributed by atoms with Crippen LogP contribution >= 0.6 is 0 Å². The van der Waals surface area contributed by atoms with Gasteiger partial charge < -0.3 is 24.5 Å². The number of aliphatic imine (C=N–C) groups is 1. The van der Waals surface area contributed by atoms with Gasteiger partial charge in [-0.05, 0) is 31.9 Å². The first-order chi connectivity index (χ1) is 14.2. The van der Waals surface area contributed by atoms with Gasteiger partial charge in [-0.3, -0.25) is 4.99 Å². The molecule has 1 saturated heterocycles. The monoisotopic (exact) mass is 400 g/mol. The van der Waals surface area contributed by atoms with Gasteiger partial charge in [0.15, 0.2) is 5.96 Å². The second-order valence-corrected chi connectivity index (χ2v) is 7.34. The summed E-state index contributed by atoms with van der Waals surface area (Å²) in [6.07, 6.45) is 4.55. The van der Waals surface area contributed by atoms with Gasteiger partial charge in [-0.1, -0.05) is 17.7 Å². The summed E-state index contributed by atoms with van der Waals surface area (Å²) in [4.78, 5) is 8.82. The number of guanidine groups is 1. The second-order valence-electron chi connectivity index (χ2n) is 7.34. The van der Waals surface area contributed by atoms with E-state index in [0.29, 0.717) is 11.8 Å². The molecule has 0 bridgehead atoms. The van der Waals surface area contributed by atoms with Gasteiger partial charge in [0.25, 0.3) is 0 Å². The molecule has 7 heteroatoms. The van der Waals surface area contributed by atoms with E-state index in [1.165, 1.54) is 5.56 Å². The van der Waals surface area contributed by atoms with Gasteiger partial charge in [0.1, 0.15) is 6.26 Å². The van der Waals surface area contributed by atoms with Crippen LogP contribution < -0.4 is 10.6 Å². The second kappa shape index (κ2) is 11.6. The maximum atomic E-state index is 5.72. The molecule has 2 heterocycles. The predicted molar refractivity (Wildman–Crippen MR) is 114 cm³/mol. The Morgan fingerprint density at radius 3 is 2.83 bits per heavy atom. The van der Waals surface area contributed by atoms with Crippen molar-refractivity contribution in [1.82, 2.24) is 15.6 Å². The number of oxazole rings is 1. The third kappa shape index (κ3) is 7.18. The minimum atomic E-state index is 0.570. The van der Waals surface area contributed by atoms with Gasteiger partial charge >= 0.3 is 0 Å². The summed E-state index contributed by atoms with van der Waals surface area (Å²) in [6.45, 7) is 6.89. The van der Waals surface area contributed by atoms with Crippen molar-refractivity contribution in [1.29, 1.82) is 0 Å². The first-order valence-electron chi connectivity index (χ1n) is 10.4. The van der Waals surface area contributed by atoms with Crippen molar-refractivity contribution in [2.24, 2.45) is 10.9 Å². The molecule has 1 aromatic heterocycles. The highest BCUT2D eigenvalue weighted by Crippen LogP contribution is 2.19. The Hall–Kier alpha value is -2.38. The average Bonchev–Trinajstić information content (AvgIpc) is 3.42. The highest BCUT2D eigenvalue weighted by Gasteiger charge is 2.15. The zero-order chi connectivity index (χ0) is 20.3. The van der Waals surface area contributed by atoms with Crippen LogP contribution in [0.15, 0.2) is 39.9 Å². The molecule has 29 heavy (non-hydrogen) atoms. The molecular formula is C22H32N4O3. The fourth-order valence-corrected chi connectivity index (χ4v) is 3.13. The van der Waals surface area contributed by atoms with E-state index in [0.717, 1.165) is 76.0 Å². The molecule has 1 aliphatic rings. The molecule has 7 nitrogen and oxygen atoms in total. The maximum Gasteiger partial charge on any atom is 0.226 e. The number of nitrogens with zero attached hydrogens (tertiary/aromatic N) is 2. The van der Waals surface area contributed by atoms with E-state index in [1.54, 1.807) is 13.3 Å². The summed E-state index contributed by atoms with van der Waals surface area (Å²) in [6, 6.07) is 8.18. The standard InChI is InChI=1S/C22H32N4O3/c1-17-4-6-19(7-5-17)21-26-20(16-29-21)8-11-25-22(23-2)24-10-3-12-27-14-18-9-13-28-15-18/h4-7,16,18H,3,8-15H2,1-2H3,(H2,23,24,25). The maximum absolute atomic E-state index is 5.72. The largest absolute Gasteiger partial charge is 0.444 e. The van der Waals surface area contributed by atoms with E-state index in [1.807, 2.05) is 12.1 Å². The predicted octanol–water partition coefficient (Wildman–Crippen LogP) is 2.80. The van der Waals surface area contributed by atoms with E-state index in [2.05, 4.69) is 39.7 Å². The van der Waals surface area contributed by atoms with E-state index < -0.39 is 0 Å². The summed E-state index contributed by atoms with van der Waals surface area (Å²) in [7, 11) is 1.78. The van der Waals surface area contributed by atoms with E-state index >= 15 is 0 Å². The first kappa shape index (κ1) is 21.3. The molecular weight excluding hydrogens is 368 g/mol. The van der Waals surface area contributed by atoms with Crippen molar-refractivity contribution in [3.8, 4) is 11.5 Å². The SMILES string of the molecule is CN=C(NCCCOCC1CCOC1)NCCc1coc(-c2ccc(C)cc2)n1. The topological polar surface area (TPSA) is 80.9 Å². The highest BCUT2D eigenvalue weighted by atomic mass is 16.5. The van der Waals surface area contributed by atoms with E-state index in [-0.39, 0.29) is 0 Å². The van der Waals surface area contributed by atoms with Crippen molar-refractivity contribution < 1.29 is 13.9 Å². The van der Waals surface area contributed by atoms with Crippen LogP contribution in [0.4, 0.5) is 0 Å². The van der Waals surface area contributed by atoms with Crippen molar-refractivity contribution >= 4 is 5.96 Å². The Balaban J connectivity index is 1.29. The number of hydrogen-bond acceptors (Lipinski definition) is 5. The Kier molecular flexibility index (Phi) is 8.52. The van der Waals surface area contributed by atoms with Crippen molar-refractivity contribution in [2.75, 3.05) is 46.6 Å². The molecule has 1 unspecified atom stereocenters. The summed E-state index contributed by atoms with van der Waals surface area (Å²) >= 11 is 0. The van der Waals surface area contributed by atoms with Gasteiger partial charge in [0.05, 0.1) is 18.9 Å². The quantitative estimate of drug-likeness (QED) is 0.363. The molecule has 158 valence electrons. The minimum Gasteiger partial charge on any atom is -0.444 e. The zero-order valence-electron chi connectivity index (χ0n) is 17.4. The molecule has 1 fully saturated rings. The number of benzene rings is 1. The Morgan fingerprint density at radius 2 is 2.07 bits per heavy atom. The number of aryl methyl sites for hydroxylation is 1. The Labute approximate surface area is 172 Å². The Morgan fingerprint density at radius 1 is 1.24 bits per heavy atom. The van der Waals surface area contributed by atoms with Crippen LogP contribution in [0, 0.1) is 12.8 Å². The number of nitrogens with one attached hydrogen (secondary N) is 2. The molecule has 1 aliphatic heterocycles. The molecule has 2 aromatic rings. The Bertz CT molecular complexity index is 752. The molecule has 0 spiro atoms. The van der Waals surface area contributed by atoms with Crippen LogP contribution in [0.2, 0.25) is 0 Å². The van der Waals surface area contributed by atoms with E-state index in [4.69, 9.17) is 13.9 Å². The van der Waals surface area contributed by atoms with Gasteiger partial charge in [0.2, 0.25) is 5.89 Å². The first-order valence-corrected chi connectivity index (χ1v) is 10.4. The van der Waals surface area contributed by atoms with Crippen LogP contribution in [0.25, 0.3) is 11.5 Å². The van der Waals surface area contributed by atoms with Crippen LogP contribution in [0.3, 0.4) is 0 Å². The van der Waals surface area contributed by atoms with E-state index in [9.17, 15) is 0 Å². The average molecular weight is 401 g/mol. The highest BCUT2D eigenvalue weighted by molar-refractivity contribution is 5.79. The summed E-state index contributed by atoms with van der Waals surface area (Å²) < 4.78 is 16.7. The third-order valence-corrected chi connectivity index (χ3v) is 4.88. The molecule has 0 amide bonds. The molecule has 0 radical (unpaired) electrons. The lowest BCUT2D eigenvalue weighted by atomic mass is 10.1. The lowest BCUT2D eigenvalue weighted by Gasteiger charge is -2.12. The fraction of sp³-hybridized carbons (Fsp3) is 0.545. The third-order valence-electron chi connectivity index (χ3n) is 4.88. The number of hydrogen-bond donors (Lipinski definition) is 2. The van der Waals surface area contributed by atoms with Gasteiger partial charge in [-0.25, -0.2) is 4.98 Å². The summed E-state index contributed by atoms with van der Waals surface area (Å²) in [5, 5.41) is 6.62. The number of aromatic nitrogens is 1. The molecule has 3 rings (SSSR count). The van der Waals surface area contributed by atoms with Crippen LogP contribution in [0.1, 0.15) is 24.1 Å². The van der Waals surface area contributed by atoms with Gasteiger partial charge in [-0.2, -0.15) is 0 Å². The lowest BCUT2D eigenvalue weighted by molar-refractivity contribution is 0.0888. The van der Waals surface area contributed by atoms with Crippen LogP contribution in [-0.2, 0) is 15.9 Å². The number of ether oxygens (including phenoxy) is 2. The van der Waals surface area contributed by atoms with Crippen molar-refractivity contribution in [3.63, 3.8) is 0 Å². The zero-order valence-corrected chi connectivity index (χ0v) is 17.4. The fourth-order valence-electron chi connectivity index (χ4n) is 3.13. The normalized spacial score (nSPS) is 16.9. The van der Waals surface area contributed by atoms with Crippen molar-refractivity contribution in [3.05, 3.63) is 41.8 Å². The molecule has 1 aromatic carbocycles. The minimum absolute atomic E-state index is 0.570. The molecule has 2 N–H and O–H groups in total. The van der Waals surface area contributed by atoms with Crippen molar-refractivity contribution in [2.45, 2.75) is 26.2 Å². The van der Waals surface area contributed by atoms with Crippen LogP contribution in [0.5, 0.6) is 0 Å². The number of rotatable bonds is 10. The molecule has 0 saturated carbocycles. The van der Waals surface area contributed by atoms with Crippen LogP contribution in [-0.4, -0.2) is 57.5 Å². The summed E-state index contributed by atoms with van der Waals surface area (Å²) in [5.41, 5.74) is 3.14. The summed E-state index contributed by atoms with van der Waals surface area (Å²) in [5.74, 6) is 2.02. The lowest BCUT2D eigenvalue weighted by Crippen LogP contribution is -2.39. The molecule has 1 atom stereocenters. The van der Waals surface area contributed by atoms with Gasteiger partial charge in [0, 0.05) is 51.3 Å².